The van der Waals surface area contributed by atoms with Crippen LogP contribution in [0.25, 0.3) is 0 Å². The van der Waals surface area contributed by atoms with Gasteiger partial charge in [0.05, 0.1) is 0 Å². The van der Waals surface area contributed by atoms with Crippen LogP contribution in [0.5, 0.6) is 0 Å². The van der Waals surface area contributed by atoms with E-state index in [-0.39, 0.29) is 6.09 Å². The first kappa shape index (κ1) is 28.1. The summed E-state index contributed by atoms with van der Waals surface area (Å²) in [5, 5.41) is 2.85. The van der Waals surface area contributed by atoms with Gasteiger partial charge in [-0.3, -0.25) is 0 Å². The Balaban J connectivity index is 1.20. The number of amides is 1. The third-order valence-electron chi connectivity index (χ3n) is 6.91. The molecular formula is C35H39NO3. The van der Waals surface area contributed by atoms with Gasteiger partial charge in [0, 0.05) is 13.2 Å². The number of hydrogen-bond donors (Lipinski definition) is 1. The van der Waals surface area contributed by atoms with Gasteiger partial charge in [-0.15, -0.1) is 0 Å². The summed E-state index contributed by atoms with van der Waals surface area (Å²) >= 11 is 0. The van der Waals surface area contributed by atoms with E-state index < -0.39 is 5.60 Å². The second-order valence-electron chi connectivity index (χ2n) is 9.74. The molecule has 0 saturated carbocycles. The third kappa shape index (κ3) is 8.30. The minimum absolute atomic E-state index is 0.300. The van der Waals surface area contributed by atoms with Crippen molar-refractivity contribution in [1.82, 2.24) is 5.32 Å². The molecule has 0 spiro atoms. The first-order chi connectivity index (χ1) is 19.3. The Hall–Kier alpha value is -3.89. The Bertz CT molecular complexity index is 1120. The van der Waals surface area contributed by atoms with E-state index in [1.165, 1.54) is 0 Å². The van der Waals surface area contributed by atoms with Gasteiger partial charge >= 0.3 is 6.09 Å². The topological polar surface area (TPSA) is 47.6 Å². The standard InChI is InChI=1S/C35H39NO3/c37-34(38-29-30-19-9-5-10-20-30)36-27-17-3-1-2-4-18-28-39-35(31-21-11-6-12-22-31,32-23-13-7-14-24-32)33-25-15-8-16-26-33/h5-16,19-26H,1-4,17-18,27-29H2,(H,36,37). The van der Waals surface area contributed by atoms with Crippen molar-refractivity contribution in [1.29, 1.82) is 0 Å². The zero-order chi connectivity index (χ0) is 27.0. The molecule has 0 radical (unpaired) electrons. The smallest absolute Gasteiger partial charge is 0.407 e. The van der Waals surface area contributed by atoms with Gasteiger partial charge < -0.3 is 14.8 Å². The summed E-state index contributed by atoms with van der Waals surface area (Å²) in [4.78, 5) is 11.9. The zero-order valence-electron chi connectivity index (χ0n) is 22.6. The van der Waals surface area contributed by atoms with E-state index in [4.69, 9.17) is 9.47 Å². The summed E-state index contributed by atoms with van der Waals surface area (Å²) in [7, 11) is 0. The molecule has 1 amide bonds. The number of benzene rings is 4. The molecule has 202 valence electrons. The molecule has 0 aliphatic carbocycles. The Morgan fingerprint density at radius 3 is 1.51 bits per heavy atom. The molecule has 4 heteroatoms. The maximum absolute atomic E-state index is 11.9. The van der Waals surface area contributed by atoms with E-state index in [9.17, 15) is 4.79 Å². The Morgan fingerprint density at radius 1 is 0.564 bits per heavy atom. The molecule has 39 heavy (non-hydrogen) atoms. The fourth-order valence-electron chi connectivity index (χ4n) is 4.89. The van der Waals surface area contributed by atoms with Crippen LogP contribution in [0.1, 0.15) is 60.8 Å². The molecule has 0 aromatic heterocycles. The summed E-state index contributed by atoms with van der Waals surface area (Å²) in [6.45, 7) is 1.62. The molecule has 0 bridgehead atoms. The van der Waals surface area contributed by atoms with Crippen molar-refractivity contribution in [2.24, 2.45) is 0 Å². The lowest BCUT2D eigenvalue weighted by Crippen LogP contribution is -2.33. The quantitative estimate of drug-likeness (QED) is 0.127. The van der Waals surface area contributed by atoms with Crippen molar-refractivity contribution in [3.05, 3.63) is 144 Å². The number of carbonyl (C=O) groups excluding carboxylic acids is 1. The largest absolute Gasteiger partial charge is 0.445 e. The highest BCUT2D eigenvalue weighted by atomic mass is 16.5. The SMILES string of the molecule is O=C(NCCCCCCCCOC(c1ccccc1)(c1ccccc1)c1ccccc1)OCc1ccccc1. The van der Waals surface area contributed by atoms with Crippen molar-refractivity contribution in [2.45, 2.75) is 50.7 Å². The summed E-state index contributed by atoms with van der Waals surface area (Å²) in [5.41, 5.74) is 3.75. The monoisotopic (exact) mass is 521 g/mol. The maximum atomic E-state index is 11.9. The number of rotatable bonds is 15. The predicted octanol–water partition coefficient (Wildman–Crippen LogP) is 8.26. The zero-order valence-corrected chi connectivity index (χ0v) is 22.6. The van der Waals surface area contributed by atoms with E-state index in [1.54, 1.807) is 0 Å². The highest BCUT2D eigenvalue weighted by Gasteiger charge is 2.37. The third-order valence-corrected chi connectivity index (χ3v) is 6.91. The Labute approximate surface area is 233 Å². The fraction of sp³-hybridized carbons (Fsp3) is 0.286. The molecule has 0 unspecified atom stereocenters. The first-order valence-electron chi connectivity index (χ1n) is 14.0. The molecule has 4 aromatic rings. The van der Waals surface area contributed by atoms with Crippen LogP contribution >= 0.6 is 0 Å². The average Bonchev–Trinajstić information content (AvgIpc) is 3.01. The number of alkyl carbamates (subject to hydrolysis) is 1. The van der Waals surface area contributed by atoms with Gasteiger partial charge in [-0.1, -0.05) is 147 Å². The number of hydrogen-bond acceptors (Lipinski definition) is 3. The van der Waals surface area contributed by atoms with Crippen LogP contribution in [0.3, 0.4) is 0 Å². The maximum Gasteiger partial charge on any atom is 0.407 e. The van der Waals surface area contributed by atoms with Crippen LogP contribution in [-0.2, 0) is 21.7 Å². The van der Waals surface area contributed by atoms with Crippen molar-refractivity contribution in [3.63, 3.8) is 0 Å². The minimum Gasteiger partial charge on any atom is -0.445 e. The van der Waals surface area contributed by atoms with Crippen LogP contribution in [0.2, 0.25) is 0 Å². The average molecular weight is 522 g/mol. The number of unbranched alkanes of at least 4 members (excludes halogenated alkanes) is 5. The molecule has 0 fully saturated rings. The van der Waals surface area contributed by atoms with Crippen LogP contribution in [0, 0.1) is 0 Å². The van der Waals surface area contributed by atoms with E-state index in [0.29, 0.717) is 19.8 Å². The Kier molecular flexibility index (Phi) is 11.2. The van der Waals surface area contributed by atoms with Crippen LogP contribution < -0.4 is 5.32 Å². The van der Waals surface area contributed by atoms with Crippen molar-refractivity contribution >= 4 is 6.09 Å². The molecule has 4 rings (SSSR count). The normalized spacial score (nSPS) is 11.2. The summed E-state index contributed by atoms with van der Waals surface area (Å²) < 4.78 is 12.1. The molecule has 0 aliphatic rings. The van der Waals surface area contributed by atoms with Gasteiger partial charge in [0.15, 0.2) is 0 Å². The summed E-state index contributed by atoms with van der Waals surface area (Å²) in [6.07, 6.45) is 6.09. The lowest BCUT2D eigenvalue weighted by Gasteiger charge is -2.36. The van der Waals surface area contributed by atoms with Crippen molar-refractivity contribution < 1.29 is 14.3 Å². The molecule has 0 atom stereocenters. The first-order valence-corrected chi connectivity index (χ1v) is 14.0. The molecule has 4 nitrogen and oxygen atoms in total. The lowest BCUT2D eigenvalue weighted by atomic mass is 9.80. The highest BCUT2D eigenvalue weighted by molar-refractivity contribution is 5.67. The van der Waals surface area contributed by atoms with Gasteiger partial charge in [0.2, 0.25) is 0 Å². The number of nitrogens with one attached hydrogen (secondary N) is 1. The highest BCUT2D eigenvalue weighted by Crippen LogP contribution is 2.40. The number of ether oxygens (including phenoxy) is 2. The van der Waals surface area contributed by atoms with Crippen molar-refractivity contribution in [2.75, 3.05) is 13.2 Å². The van der Waals surface area contributed by atoms with E-state index >= 15 is 0 Å². The molecule has 0 aliphatic heterocycles. The molecule has 1 N–H and O–H groups in total. The van der Waals surface area contributed by atoms with Gasteiger partial charge in [0.25, 0.3) is 0 Å². The van der Waals surface area contributed by atoms with Crippen LogP contribution in [0.15, 0.2) is 121 Å². The number of carbonyl (C=O) groups is 1. The van der Waals surface area contributed by atoms with Crippen molar-refractivity contribution in [3.8, 4) is 0 Å². The summed E-state index contributed by atoms with van der Waals surface area (Å²) in [5.74, 6) is 0. The second kappa shape index (κ2) is 15.5. The molecular weight excluding hydrogens is 482 g/mol. The molecule has 4 aromatic carbocycles. The van der Waals surface area contributed by atoms with Gasteiger partial charge in [-0.05, 0) is 35.1 Å². The van der Waals surface area contributed by atoms with E-state index in [2.05, 4.69) is 78.1 Å². The minimum atomic E-state index is -0.648. The van der Waals surface area contributed by atoms with Crippen LogP contribution in [0.4, 0.5) is 4.79 Å². The van der Waals surface area contributed by atoms with E-state index in [0.717, 1.165) is 60.8 Å². The molecule has 0 saturated heterocycles. The van der Waals surface area contributed by atoms with Gasteiger partial charge in [-0.25, -0.2) is 4.79 Å². The second-order valence-corrected chi connectivity index (χ2v) is 9.74. The van der Waals surface area contributed by atoms with Gasteiger partial charge in [-0.2, -0.15) is 0 Å². The fourth-order valence-corrected chi connectivity index (χ4v) is 4.89. The van der Waals surface area contributed by atoms with E-state index in [1.807, 2.05) is 48.5 Å². The Morgan fingerprint density at radius 2 is 1.00 bits per heavy atom. The van der Waals surface area contributed by atoms with Crippen LogP contribution in [-0.4, -0.2) is 19.2 Å². The molecule has 0 heterocycles. The van der Waals surface area contributed by atoms with Gasteiger partial charge in [0.1, 0.15) is 12.2 Å². The predicted molar refractivity (Wildman–Crippen MR) is 157 cm³/mol. The lowest BCUT2D eigenvalue weighted by molar-refractivity contribution is 0.0106. The summed E-state index contributed by atoms with van der Waals surface area (Å²) in [6, 6.07) is 41.3.